The Morgan fingerprint density at radius 2 is 1.83 bits per heavy atom. The van der Waals surface area contributed by atoms with Gasteiger partial charge >= 0.3 is 35.7 Å². The molecule has 0 bridgehead atoms. The van der Waals surface area contributed by atoms with Crippen LogP contribution in [-0.2, 0) is 22.7 Å². The average molecular weight is 290 g/mol. The van der Waals surface area contributed by atoms with Crippen molar-refractivity contribution in [2.75, 3.05) is 0 Å². The topological polar surface area (TPSA) is 57.2 Å². The summed E-state index contributed by atoms with van der Waals surface area (Å²) < 4.78 is 70.6. The van der Waals surface area contributed by atoms with Crippen LogP contribution in [0.3, 0.4) is 0 Å². The van der Waals surface area contributed by atoms with Gasteiger partial charge in [0.25, 0.3) is 0 Å². The molecule has 0 aliphatic heterocycles. The summed E-state index contributed by atoms with van der Waals surface area (Å²) in [4.78, 5) is -1.14. The maximum Gasteiger partial charge on any atom is 1.00 e. The van der Waals surface area contributed by atoms with Gasteiger partial charge in [-0.2, -0.15) is 13.2 Å². The van der Waals surface area contributed by atoms with Crippen molar-refractivity contribution in [2.24, 2.45) is 0 Å². The average Bonchev–Trinajstić information content (AvgIpc) is 2.14. The molecular weight excluding hydrogens is 280 g/mol. The molecular formula is C10H10F3NaO3S. The summed E-state index contributed by atoms with van der Waals surface area (Å²) in [5, 5.41) is 0. The molecule has 0 unspecified atom stereocenters. The predicted octanol–water partition coefficient (Wildman–Crippen LogP) is -0.434. The van der Waals surface area contributed by atoms with Gasteiger partial charge in [-0.3, -0.25) is 0 Å². The van der Waals surface area contributed by atoms with Gasteiger partial charge in [0.1, 0.15) is 10.1 Å². The molecule has 0 saturated carbocycles. The van der Waals surface area contributed by atoms with Gasteiger partial charge in [-0.1, -0.05) is 25.5 Å². The van der Waals surface area contributed by atoms with Crippen LogP contribution in [0.1, 0.15) is 24.5 Å². The second kappa shape index (κ2) is 6.38. The van der Waals surface area contributed by atoms with Crippen molar-refractivity contribution in [3.05, 3.63) is 29.3 Å². The Hall–Kier alpha value is -0.0800. The van der Waals surface area contributed by atoms with Crippen LogP contribution in [0, 0.1) is 0 Å². The summed E-state index contributed by atoms with van der Waals surface area (Å²) in [6, 6.07) is 2.93. The van der Waals surface area contributed by atoms with Gasteiger partial charge in [-0.05, 0) is 18.1 Å². The van der Waals surface area contributed by atoms with E-state index >= 15 is 0 Å². The summed E-state index contributed by atoms with van der Waals surface area (Å²) >= 11 is 0. The molecule has 8 heteroatoms. The third-order valence-electron chi connectivity index (χ3n) is 2.17. The van der Waals surface area contributed by atoms with Crippen molar-refractivity contribution < 1.29 is 55.7 Å². The van der Waals surface area contributed by atoms with Crippen molar-refractivity contribution in [1.82, 2.24) is 0 Å². The van der Waals surface area contributed by atoms with Crippen LogP contribution in [0.15, 0.2) is 23.1 Å². The third kappa shape index (κ3) is 4.24. The van der Waals surface area contributed by atoms with Gasteiger partial charge in [0.2, 0.25) is 0 Å². The van der Waals surface area contributed by atoms with E-state index in [9.17, 15) is 26.1 Å². The molecule has 0 aliphatic rings. The Morgan fingerprint density at radius 3 is 2.22 bits per heavy atom. The largest absolute Gasteiger partial charge is 1.00 e. The number of aryl methyl sites for hydroxylation is 1. The van der Waals surface area contributed by atoms with E-state index in [0.717, 1.165) is 6.07 Å². The molecule has 0 radical (unpaired) electrons. The molecule has 1 aromatic rings. The van der Waals surface area contributed by atoms with Crippen molar-refractivity contribution in [3.8, 4) is 0 Å². The Morgan fingerprint density at radius 1 is 1.28 bits per heavy atom. The standard InChI is InChI=1S/C10H11F3O3S.Na/c1-2-4-7-5-3-6-8(10(11,12)13)9(7)17(14,15)16;/h3,5-6H,2,4H2,1H3,(H,14,15,16);/q;+1/p-1. The van der Waals surface area contributed by atoms with E-state index in [2.05, 4.69) is 0 Å². The van der Waals surface area contributed by atoms with E-state index < -0.39 is 26.8 Å². The smallest absolute Gasteiger partial charge is 0.744 e. The fourth-order valence-corrected chi connectivity index (χ4v) is 2.51. The maximum absolute atomic E-state index is 12.6. The summed E-state index contributed by atoms with van der Waals surface area (Å²) in [6.45, 7) is 1.68. The molecule has 0 amide bonds. The van der Waals surface area contributed by atoms with Crippen molar-refractivity contribution in [2.45, 2.75) is 30.8 Å². The second-order valence-corrected chi connectivity index (χ2v) is 4.81. The van der Waals surface area contributed by atoms with Gasteiger partial charge in [-0.25, -0.2) is 8.42 Å². The van der Waals surface area contributed by atoms with Crippen LogP contribution < -0.4 is 29.6 Å². The first-order valence-corrected chi connectivity index (χ1v) is 6.23. The molecule has 0 aromatic heterocycles. The normalized spacial score (nSPS) is 12.1. The van der Waals surface area contributed by atoms with Crippen molar-refractivity contribution in [1.29, 1.82) is 0 Å². The Labute approximate surface area is 125 Å². The fraction of sp³-hybridized carbons (Fsp3) is 0.400. The summed E-state index contributed by atoms with van der Waals surface area (Å²) in [5.41, 5.74) is -1.48. The van der Waals surface area contributed by atoms with Crippen LogP contribution >= 0.6 is 0 Å². The van der Waals surface area contributed by atoms with E-state index in [4.69, 9.17) is 0 Å². The molecule has 0 N–H and O–H groups in total. The maximum atomic E-state index is 12.6. The first-order chi connectivity index (χ1) is 7.68. The Bertz CT molecular complexity index is 512. The monoisotopic (exact) mass is 290 g/mol. The van der Waals surface area contributed by atoms with Crippen LogP contribution in [0.4, 0.5) is 13.2 Å². The number of benzene rings is 1. The quantitative estimate of drug-likeness (QED) is 0.560. The molecule has 0 fully saturated rings. The number of rotatable bonds is 3. The van der Waals surface area contributed by atoms with Crippen molar-refractivity contribution in [3.63, 3.8) is 0 Å². The molecule has 0 aliphatic carbocycles. The second-order valence-electron chi connectivity index (χ2n) is 3.50. The minimum Gasteiger partial charge on any atom is -0.744 e. The molecule has 1 aromatic carbocycles. The first-order valence-electron chi connectivity index (χ1n) is 4.83. The molecule has 0 saturated heterocycles. The van der Waals surface area contributed by atoms with E-state index in [0.29, 0.717) is 12.5 Å². The zero-order chi connectivity index (χ0) is 13.3. The minimum atomic E-state index is -5.14. The summed E-state index contributed by atoms with van der Waals surface area (Å²) in [7, 11) is -5.14. The van der Waals surface area contributed by atoms with Crippen LogP contribution in [0.2, 0.25) is 0 Å². The predicted molar refractivity (Wildman–Crippen MR) is 53.4 cm³/mol. The molecule has 96 valence electrons. The minimum absolute atomic E-state index is 0. The van der Waals surface area contributed by atoms with E-state index in [1.165, 1.54) is 6.07 Å². The van der Waals surface area contributed by atoms with Crippen LogP contribution in [0.5, 0.6) is 0 Å². The molecule has 18 heavy (non-hydrogen) atoms. The number of hydrogen-bond donors (Lipinski definition) is 0. The fourth-order valence-electron chi connectivity index (χ4n) is 1.57. The van der Waals surface area contributed by atoms with Gasteiger partial charge in [0.15, 0.2) is 0 Å². The Balaban J connectivity index is 0.00000289. The van der Waals surface area contributed by atoms with Crippen LogP contribution in [-0.4, -0.2) is 13.0 Å². The Kier molecular flexibility index (Phi) is 6.35. The summed E-state index contributed by atoms with van der Waals surface area (Å²) in [6.07, 6.45) is -4.29. The number of alkyl halides is 3. The van der Waals surface area contributed by atoms with Crippen molar-refractivity contribution >= 4 is 10.1 Å². The van der Waals surface area contributed by atoms with Gasteiger partial charge in [-0.15, -0.1) is 0 Å². The molecule has 3 nitrogen and oxygen atoms in total. The molecule has 0 atom stereocenters. The van der Waals surface area contributed by atoms with E-state index in [1.54, 1.807) is 6.92 Å². The van der Waals surface area contributed by atoms with Gasteiger partial charge < -0.3 is 4.55 Å². The molecule has 0 spiro atoms. The van der Waals surface area contributed by atoms with Crippen LogP contribution in [0.25, 0.3) is 0 Å². The van der Waals surface area contributed by atoms with Gasteiger partial charge in [0, 0.05) is 0 Å². The third-order valence-corrected chi connectivity index (χ3v) is 3.15. The number of hydrogen-bond acceptors (Lipinski definition) is 3. The zero-order valence-corrected chi connectivity index (χ0v) is 12.7. The van der Waals surface area contributed by atoms with E-state index in [1.807, 2.05) is 0 Å². The number of halogens is 3. The van der Waals surface area contributed by atoms with Gasteiger partial charge in [0.05, 0.1) is 10.5 Å². The molecule has 1 rings (SSSR count). The zero-order valence-electron chi connectivity index (χ0n) is 9.91. The molecule has 0 heterocycles. The SMILES string of the molecule is CCCc1cccc(C(F)(F)F)c1S(=O)(=O)[O-].[Na+]. The van der Waals surface area contributed by atoms with E-state index in [-0.39, 0.29) is 41.5 Å². The summed E-state index contributed by atoms with van der Waals surface area (Å²) in [5.74, 6) is 0. The first kappa shape index (κ1) is 17.9.